The number of nitrogens with one attached hydrogen (secondary N) is 1. The van der Waals surface area contributed by atoms with Crippen molar-refractivity contribution in [1.29, 1.82) is 0 Å². The number of hydrogen-bond acceptors (Lipinski definition) is 3. The van der Waals surface area contributed by atoms with E-state index in [9.17, 15) is 0 Å². The molecule has 0 saturated heterocycles. The maximum Gasteiger partial charge on any atom is 0.0719 e. The van der Waals surface area contributed by atoms with Crippen LogP contribution in [0.2, 0.25) is 0 Å². The molecule has 3 nitrogen and oxygen atoms in total. The Kier molecular flexibility index (Phi) is 4.88. The van der Waals surface area contributed by atoms with Crippen molar-refractivity contribution >= 4 is 22.7 Å². The van der Waals surface area contributed by atoms with Gasteiger partial charge < -0.3 is 5.32 Å². The largest absolute Gasteiger partial charge is 0.316 e. The van der Waals surface area contributed by atoms with E-state index in [0.29, 0.717) is 11.3 Å². The van der Waals surface area contributed by atoms with Crippen LogP contribution in [0.3, 0.4) is 0 Å². The van der Waals surface area contributed by atoms with Gasteiger partial charge in [-0.1, -0.05) is 32.0 Å². The van der Waals surface area contributed by atoms with Crippen LogP contribution >= 0.6 is 11.8 Å². The highest BCUT2D eigenvalue weighted by atomic mass is 32.2. The van der Waals surface area contributed by atoms with Gasteiger partial charge in [-0.3, -0.25) is 4.68 Å². The minimum atomic E-state index is 0.478. The lowest BCUT2D eigenvalue weighted by molar-refractivity contribution is 0.602. The Morgan fingerprint density at radius 2 is 2.05 bits per heavy atom. The quantitative estimate of drug-likeness (QED) is 0.880. The zero-order chi connectivity index (χ0) is 13.8. The predicted octanol–water partition coefficient (Wildman–Crippen LogP) is 2.85. The fourth-order valence-electron chi connectivity index (χ4n) is 2.23. The molecule has 0 aliphatic rings. The van der Waals surface area contributed by atoms with Crippen LogP contribution < -0.4 is 5.32 Å². The number of fused-ring (bicyclic) bond motifs is 1. The van der Waals surface area contributed by atoms with E-state index in [-0.39, 0.29) is 0 Å². The lowest BCUT2D eigenvalue weighted by atomic mass is 10.1. The van der Waals surface area contributed by atoms with Gasteiger partial charge in [0.05, 0.1) is 11.2 Å². The van der Waals surface area contributed by atoms with E-state index >= 15 is 0 Å². The summed E-state index contributed by atoms with van der Waals surface area (Å²) in [5.74, 6) is 1.12. The van der Waals surface area contributed by atoms with E-state index in [1.54, 1.807) is 0 Å². The Bertz CT molecular complexity index is 533. The maximum absolute atomic E-state index is 4.67. The monoisotopic (exact) mass is 277 g/mol. The van der Waals surface area contributed by atoms with Gasteiger partial charge in [0.2, 0.25) is 0 Å². The molecule has 1 aromatic heterocycles. The smallest absolute Gasteiger partial charge is 0.0719 e. The Labute approximate surface area is 119 Å². The summed E-state index contributed by atoms with van der Waals surface area (Å²) in [5, 5.41) is 10.0. The molecule has 1 N–H and O–H groups in total. The SMILES string of the molecule is CNC(CSC(C)C)Cc1nn(C)c2ccccc12. The van der Waals surface area contributed by atoms with Crippen molar-refractivity contribution in [1.82, 2.24) is 15.1 Å². The molecule has 0 aliphatic heterocycles. The minimum Gasteiger partial charge on any atom is -0.316 e. The molecule has 0 amide bonds. The molecule has 0 spiro atoms. The van der Waals surface area contributed by atoms with Crippen molar-refractivity contribution in [2.75, 3.05) is 12.8 Å². The van der Waals surface area contributed by atoms with E-state index in [1.165, 1.54) is 16.6 Å². The number of aromatic nitrogens is 2. The van der Waals surface area contributed by atoms with E-state index in [2.05, 4.69) is 48.5 Å². The first kappa shape index (κ1) is 14.4. The standard InChI is InChI=1S/C15H23N3S/c1-11(2)19-10-12(16-3)9-14-13-7-5-6-8-15(13)18(4)17-14/h5-8,11-12,16H,9-10H2,1-4H3. The number of rotatable bonds is 6. The molecule has 104 valence electrons. The number of aryl methyl sites for hydroxylation is 1. The third-order valence-corrected chi connectivity index (χ3v) is 4.57. The molecular formula is C15H23N3S. The minimum absolute atomic E-state index is 0.478. The van der Waals surface area contributed by atoms with E-state index in [0.717, 1.165) is 12.2 Å². The van der Waals surface area contributed by atoms with Gasteiger partial charge in [-0.05, 0) is 18.4 Å². The van der Waals surface area contributed by atoms with Gasteiger partial charge in [-0.25, -0.2) is 0 Å². The Balaban J connectivity index is 2.15. The molecule has 1 unspecified atom stereocenters. The van der Waals surface area contributed by atoms with Crippen LogP contribution in [0.4, 0.5) is 0 Å². The number of para-hydroxylation sites is 1. The van der Waals surface area contributed by atoms with Crippen LogP contribution in [0.1, 0.15) is 19.5 Å². The molecule has 0 radical (unpaired) electrons. The summed E-state index contributed by atoms with van der Waals surface area (Å²) >= 11 is 2.00. The van der Waals surface area contributed by atoms with Gasteiger partial charge in [-0.15, -0.1) is 0 Å². The Morgan fingerprint density at radius 3 is 2.74 bits per heavy atom. The van der Waals surface area contributed by atoms with Gasteiger partial charge in [-0.2, -0.15) is 16.9 Å². The summed E-state index contributed by atoms with van der Waals surface area (Å²) < 4.78 is 1.98. The highest BCUT2D eigenvalue weighted by Crippen LogP contribution is 2.20. The zero-order valence-corrected chi connectivity index (χ0v) is 13.0. The average molecular weight is 277 g/mol. The molecule has 2 aromatic rings. The van der Waals surface area contributed by atoms with E-state index < -0.39 is 0 Å². The molecule has 0 saturated carbocycles. The fourth-order valence-corrected chi connectivity index (χ4v) is 3.13. The number of hydrogen-bond donors (Lipinski definition) is 1. The first-order valence-corrected chi connectivity index (χ1v) is 7.86. The van der Waals surface area contributed by atoms with E-state index in [4.69, 9.17) is 0 Å². The van der Waals surface area contributed by atoms with Gasteiger partial charge in [0.25, 0.3) is 0 Å². The van der Waals surface area contributed by atoms with Crippen LogP contribution in [0.5, 0.6) is 0 Å². The second-order valence-corrected chi connectivity index (χ2v) is 6.77. The van der Waals surface area contributed by atoms with Crippen molar-refractivity contribution in [3.63, 3.8) is 0 Å². The predicted molar refractivity (Wildman–Crippen MR) is 84.9 cm³/mol. The Hall–Kier alpha value is -1.00. The molecule has 0 aliphatic carbocycles. The summed E-state index contributed by atoms with van der Waals surface area (Å²) in [7, 11) is 4.06. The number of nitrogens with zero attached hydrogens (tertiary/aromatic N) is 2. The van der Waals surface area contributed by atoms with Crippen LogP contribution in [0, 0.1) is 0 Å². The molecular weight excluding hydrogens is 254 g/mol. The number of thioether (sulfide) groups is 1. The highest BCUT2D eigenvalue weighted by molar-refractivity contribution is 7.99. The molecule has 1 atom stereocenters. The first-order valence-electron chi connectivity index (χ1n) is 6.81. The third kappa shape index (κ3) is 3.51. The summed E-state index contributed by atoms with van der Waals surface area (Å²) in [5.41, 5.74) is 2.41. The van der Waals surface area contributed by atoms with Gasteiger partial charge in [0, 0.05) is 30.6 Å². The average Bonchev–Trinajstić information content (AvgIpc) is 2.72. The normalized spacial score (nSPS) is 13.3. The lowest BCUT2D eigenvalue weighted by Gasteiger charge is -2.16. The second-order valence-electron chi connectivity index (χ2n) is 5.16. The van der Waals surface area contributed by atoms with Crippen LogP contribution in [0.25, 0.3) is 10.9 Å². The first-order chi connectivity index (χ1) is 9.11. The molecule has 19 heavy (non-hydrogen) atoms. The van der Waals surface area contributed by atoms with Gasteiger partial charge >= 0.3 is 0 Å². The van der Waals surface area contributed by atoms with Crippen molar-refractivity contribution in [2.45, 2.75) is 31.6 Å². The molecule has 0 bridgehead atoms. The Morgan fingerprint density at radius 1 is 1.32 bits per heavy atom. The second kappa shape index (κ2) is 6.44. The summed E-state index contributed by atoms with van der Waals surface area (Å²) in [6, 6.07) is 8.93. The fraction of sp³-hybridized carbons (Fsp3) is 0.533. The van der Waals surface area contributed by atoms with Crippen LogP contribution in [-0.2, 0) is 13.5 Å². The zero-order valence-electron chi connectivity index (χ0n) is 12.2. The van der Waals surface area contributed by atoms with Gasteiger partial charge in [0.15, 0.2) is 0 Å². The summed E-state index contributed by atoms with van der Waals surface area (Å²) in [4.78, 5) is 0. The topological polar surface area (TPSA) is 29.9 Å². The maximum atomic E-state index is 4.67. The number of benzene rings is 1. The van der Waals surface area contributed by atoms with Gasteiger partial charge in [0.1, 0.15) is 0 Å². The molecule has 1 heterocycles. The lowest BCUT2D eigenvalue weighted by Crippen LogP contribution is -2.30. The van der Waals surface area contributed by atoms with Crippen molar-refractivity contribution in [3.05, 3.63) is 30.0 Å². The van der Waals surface area contributed by atoms with E-state index in [1.807, 2.05) is 30.5 Å². The molecule has 0 fully saturated rings. The third-order valence-electron chi connectivity index (χ3n) is 3.31. The van der Waals surface area contributed by atoms with Crippen molar-refractivity contribution in [3.8, 4) is 0 Å². The highest BCUT2D eigenvalue weighted by Gasteiger charge is 2.14. The molecule has 1 aromatic carbocycles. The molecule has 2 rings (SSSR count). The van der Waals surface area contributed by atoms with Crippen molar-refractivity contribution < 1.29 is 0 Å². The molecule has 4 heteroatoms. The van der Waals surface area contributed by atoms with Crippen molar-refractivity contribution in [2.24, 2.45) is 7.05 Å². The van der Waals surface area contributed by atoms with Crippen LogP contribution in [-0.4, -0.2) is 33.9 Å². The van der Waals surface area contributed by atoms with Crippen LogP contribution in [0.15, 0.2) is 24.3 Å². The summed E-state index contributed by atoms with van der Waals surface area (Å²) in [6.07, 6.45) is 0.984. The summed E-state index contributed by atoms with van der Waals surface area (Å²) in [6.45, 7) is 4.49. The number of likely N-dealkylation sites (N-methyl/N-ethyl adjacent to an activating group) is 1.